The van der Waals surface area contributed by atoms with Crippen LogP contribution in [0.1, 0.15) is 55.2 Å². The van der Waals surface area contributed by atoms with Crippen molar-refractivity contribution < 1.29 is 13.9 Å². The first-order valence-corrected chi connectivity index (χ1v) is 16.4. The van der Waals surface area contributed by atoms with Crippen LogP contribution in [-0.2, 0) is 9.53 Å². The van der Waals surface area contributed by atoms with Crippen molar-refractivity contribution >= 4 is 56.8 Å². The van der Waals surface area contributed by atoms with Gasteiger partial charge in [-0.1, -0.05) is 79.8 Å². The second-order valence-corrected chi connectivity index (χ2v) is 13.0. The van der Waals surface area contributed by atoms with Gasteiger partial charge in [-0.15, -0.1) is 0 Å². The zero-order chi connectivity index (χ0) is 30.8. The summed E-state index contributed by atoms with van der Waals surface area (Å²) in [6.07, 6.45) is 5.02. The van der Waals surface area contributed by atoms with Crippen molar-refractivity contribution in [2.45, 2.75) is 43.0 Å². The van der Waals surface area contributed by atoms with E-state index < -0.39 is 12.0 Å². The molecule has 0 saturated heterocycles. The van der Waals surface area contributed by atoms with Crippen LogP contribution in [0.15, 0.2) is 114 Å². The second kappa shape index (κ2) is 12.9. The van der Waals surface area contributed by atoms with Gasteiger partial charge in [-0.3, -0.25) is 9.36 Å². The maximum Gasteiger partial charge on any atom is 0.338 e. The Labute approximate surface area is 270 Å². The molecule has 4 heterocycles. The first-order valence-electron chi connectivity index (χ1n) is 14.0. The molecule has 0 fully saturated rings. The van der Waals surface area contributed by atoms with Gasteiger partial charge in [0.15, 0.2) is 15.1 Å². The molecule has 1 aliphatic rings. The minimum absolute atomic E-state index is 0.190. The van der Waals surface area contributed by atoms with E-state index in [1.165, 1.54) is 23.1 Å². The van der Waals surface area contributed by atoms with Gasteiger partial charge in [0.05, 0.1) is 32.9 Å². The first kappa shape index (κ1) is 30.0. The van der Waals surface area contributed by atoms with Gasteiger partial charge in [-0.25, -0.2) is 19.8 Å². The third-order valence-corrected chi connectivity index (χ3v) is 9.68. The lowest BCUT2D eigenvalue weighted by molar-refractivity contribution is -0.138. The Morgan fingerprint density at radius 2 is 1.84 bits per heavy atom. The quantitative estimate of drug-likeness (QED) is 0.138. The van der Waals surface area contributed by atoms with Crippen molar-refractivity contribution in [2.24, 2.45) is 4.99 Å². The van der Waals surface area contributed by atoms with E-state index in [0.717, 1.165) is 16.7 Å². The predicted molar refractivity (Wildman–Crippen MR) is 174 cm³/mol. The summed E-state index contributed by atoms with van der Waals surface area (Å²) in [5.41, 5.74) is 3.22. The number of esters is 1. The summed E-state index contributed by atoms with van der Waals surface area (Å²) in [6, 6.07) is 20.3. The number of hydrogen-bond donors (Lipinski definition) is 0. The zero-order valence-corrected chi connectivity index (χ0v) is 27.3. The van der Waals surface area contributed by atoms with Gasteiger partial charge >= 0.3 is 5.97 Å². The molecule has 0 radical (unpaired) electrons. The predicted octanol–water partition coefficient (Wildman–Crippen LogP) is 6.36. The molecule has 3 aromatic heterocycles. The zero-order valence-electron chi connectivity index (χ0n) is 24.1. The molecule has 0 aliphatic carbocycles. The summed E-state index contributed by atoms with van der Waals surface area (Å²) in [5.74, 6) is 0.295. The molecule has 0 amide bonds. The summed E-state index contributed by atoms with van der Waals surface area (Å²) in [5, 5.41) is 1.10. The van der Waals surface area contributed by atoms with Crippen LogP contribution in [0.3, 0.4) is 0 Å². The Hall–Kier alpha value is -4.06. The van der Waals surface area contributed by atoms with Gasteiger partial charge in [0.2, 0.25) is 0 Å². The molecular weight excluding hydrogens is 660 g/mol. The van der Waals surface area contributed by atoms with Gasteiger partial charge in [-0.2, -0.15) is 0 Å². The van der Waals surface area contributed by atoms with Crippen LogP contribution in [0, 0.1) is 0 Å². The van der Waals surface area contributed by atoms with E-state index >= 15 is 0 Å². The SMILES string of the molecule is CCOC(=O)C1=C(c2ccccc2)N=c2s/c(=C/c3cc(Br)c(Sc4ncccn4)o3)c(=O)n2[C@@H]1c1ccc(C(C)C)cc1. The van der Waals surface area contributed by atoms with Gasteiger partial charge in [0.1, 0.15) is 5.76 Å². The molecule has 5 aromatic rings. The minimum Gasteiger partial charge on any atom is -0.463 e. The van der Waals surface area contributed by atoms with Crippen molar-refractivity contribution in [3.05, 3.63) is 131 Å². The molecule has 0 N–H and O–H groups in total. The molecule has 11 heteroatoms. The smallest absolute Gasteiger partial charge is 0.338 e. The van der Waals surface area contributed by atoms with Gasteiger partial charge in [0, 0.05) is 24.0 Å². The molecule has 6 rings (SSSR count). The Morgan fingerprint density at radius 3 is 2.52 bits per heavy atom. The summed E-state index contributed by atoms with van der Waals surface area (Å²) < 4.78 is 14.3. The van der Waals surface area contributed by atoms with Gasteiger partial charge < -0.3 is 9.15 Å². The summed E-state index contributed by atoms with van der Waals surface area (Å²) in [6.45, 7) is 6.20. The lowest BCUT2D eigenvalue weighted by Gasteiger charge is -2.26. The fraction of sp³-hybridized carbons (Fsp3) is 0.182. The fourth-order valence-electron chi connectivity index (χ4n) is 4.88. The number of halogens is 1. The average molecular weight is 688 g/mol. The number of rotatable bonds is 8. The maximum absolute atomic E-state index is 14.2. The van der Waals surface area contributed by atoms with Crippen LogP contribution < -0.4 is 14.9 Å². The standard InChI is InChI=1S/C33H27BrN4O4S2/c1-4-41-30(40)26-27(21-9-6-5-7-10-21)37-33-38(28(26)22-13-11-20(12-14-22)19(2)3)29(39)25(43-33)18-23-17-24(34)31(42-23)44-32-35-15-8-16-36-32/h5-19,28H,4H2,1-3H3/b25-18+/t28-/m1/s1. The Balaban J connectivity index is 1.54. The number of carbonyl (C=O) groups excluding carboxylic acids is 1. The highest BCUT2D eigenvalue weighted by Crippen LogP contribution is 2.36. The van der Waals surface area contributed by atoms with Crippen LogP contribution in [0.4, 0.5) is 0 Å². The van der Waals surface area contributed by atoms with Crippen molar-refractivity contribution in [1.29, 1.82) is 0 Å². The monoisotopic (exact) mass is 686 g/mol. The third-order valence-electron chi connectivity index (χ3n) is 6.97. The molecule has 1 atom stereocenters. The van der Waals surface area contributed by atoms with E-state index in [9.17, 15) is 9.59 Å². The average Bonchev–Trinajstić information content (AvgIpc) is 3.54. The number of ether oxygens (including phenoxy) is 1. The Bertz CT molecular complexity index is 2030. The van der Waals surface area contributed by atoms with E-state index in [4.69, 9.17) is 14.1 Å². The number of benzene rings is 2. The molecule has 0 saturated carbocycles. The van der Waals surface area contributed by atoms with Crippen molar-refractivity contribution in [3.8, 4) is 0 Å². The van der Waals surface area contributed by atoms with E-state index in [0.29, 0.717) is 47.0 Å². The first-order chi connectivity index (χ1) is 21.3. The van der Waals surface area contributed by atoms with Crippen molar-refractivity contribution in [3.63, 3.8) is 0 Å². The van der Waals surface area contributed by atoms with Gasteiger partial charge in [-0.05, 0) is 63.8 Å². The molecule has 0 unspecified atom stereocenters. The van der Waals surface area contributed by atoms with Crippen LogP contribution in [0.5, 0.6) is 0 Å². The molecule has 0 spiro atoms. The van der Waals surface area contributed by atoms with Crippen LogP contribution in [0.2, 0.25) is 0 Å². The number of hydrogen-bond acceptors (Lipinski definition) is 9. The normalized spacial score (nSPS) is 14.9. The Morgan fingerprint density at radius 1 is 1.11 bits per heavy atom. The van der Waals surface area contributed by atoms with Gasteiger partial charge in [0.25, 0.3) is 5.56 Å². The van der Waals surface area contributed by atoms with E-state index in [2.05, 4.69) is 39.7 Å². The highest BCUT2D eigenvalue weighted by atomic mass is 79.9. The second-order valence-electron chi connectivity index (χ2n) is 10.2. The molecule has 0 bridgehead atoms. The third kappa shape index (κ3) is 5.99. The summed E-state index contributed by atoms with van der Waals surface area (Å²) >= 11 is 6.06. The highest BCUT2D eigenvalue weighted by Gasteiger charge is 2.35. The topological polar surface area (TPSA) is 99.6 Å². The summed E-state index contributed by atoms with van der Waals surface area (Å²) in [7, 11) is 0. The van der Waals surface area contributed by atoms with Crippen LogP contribution in [0.25, 0.3) is 11.8 Å². The number of thiazole rings is 1. The largest absolute Gasteiger partial charge is 0.463 e. The van der Waals surface area contributed by atoms with Crippen LogP contribution in [-0.4, -0.2) is 27.1 Å². The molecular formula is C33H27BrN4O4S2. The maximum atomic E-state index is 14.2. The minimum atomic E-state index is -0.742. The highest BCUT2D eigenvalue weighted by molar-refractivity contribution is 9.10. The lowest BCUT2D eigenvalue weighted by Crippen LogP contribution is -2.40. The van der Waals surface area contributed by atoms with Crippen molar-refractivity contribution in [1.82, 2.24) is 14.5 Å². The number of fused-ring (bicyclic) bond motifs is 1. The number of carbonyl (C=O) groups is 1. The van der Waals surface area contributed by atoms with E-state index in [1.807, 2.05) is 54.6 Å². The van der Waals surface area contributed by atoms with E-state index in [1.54, 1.807) is 42.1 Å². The molecule has 1 aliphatic heterocycles. The molecule has 222 valence electrons. The summed E-state index contributed by atoms with van der Waals surface area (Å²) in [4.78, 5) is 41.7. The molecule has 44 heavy (non-hydrogen) atoms. The lowest BCUT2D eigenvalue weighted by atomic mass is 9.91. The number of aromatic nitrogens is 3. The van der Waals surface area contributed by atoms with Crippen molar-refractivity contribution in [2.75, 3.05) is 6.61 Å². The van der Waals surface area contributed by atoms with Crippen LogP contribution >= 0.6 is 39.0 Å². The number of nitrogens with zero attached hydrogens (tertiary/aromatic N) is 4. The fourth-order valence-corrected chi connectivity index (χ4v) is 7.10. The Kier molecular flexibility index (Phi) is 8.79. The molecule has 2 aromatic carbocycles. The molecule has 8 nitrogen and oxygen atoms in total. The van der Waals surface area contributed by atoms with E-state index in [-0.39, 0.29) is 12.2 Å². The number of furan rings is 1.